The summed E-state index contributed by atoms with van der Waals surface area (Å²) in [5.41, 5.74) is 3.91. The second kappa shape index (κ2) is 6.09. The van der Waals surface area contributed by atoms with Crippen LogP contribution in [0.25, 0.3) is 22.0 Å². The highest BCUT2D eigenvalue weighted by molar-refractivity contribution is 6.16. The van der Waals surface area contributed by atoms with E-state index in [0.29, 0.717) is 11.1 Å². The van der Waals surface area contributed by atoms with Crippen molar-refractivity contribution in [3.05, 3.63) is 102 Å². The molecule has 0 N–H and O–H groups in total. The summed E-state index contributed by atoms with van der Waals surface area (Å²) in [4.78, 5) is 17.5. The Labute approximate surface area is 140 Å². The van der Waals surface area contributed by atoms with Gasteiger partial charge >= 0.3 is 0 Å². The first-order chi connectivity index (χ1) is 11.8. The molecule has 2 nitrogen and oxygen atoms in total. The van der Waals surface area contributed by atoms with Crippen molar-refractivity contribution in [1.29, 1.82) is 0 Å². The number of carbonyl (C=O) groups excluding carboxylic acids is 1. The van der Waals surface area contributed by atoms with Gasteiger partial charge in [-0.25, -0.2) is 0 Å². The molecule has 2 heteroatoms. The normalized spacial score (nSPS) is 10.7. The first kappa shape index (κ1) is 14.3. The third kappa shape index (κ3) is 2.48. The molecule has 0 fully saturated rings. The monoisotopic (exact) mass is 308 g/mol. The molecule has 0 spiro atoms. The molecule has 1 radical (unpaired) electrons. The van der Waals surface area contributed by atoms with Gasteiger partial charge in [-0.05, 0) is 17.7 Å². The van der Waals surface area contributed by atoms with Crippen LogP contribution < -0.4 is 0 Å². The lowest BCUT2D eigenvalue weighted by Gasteiger charge is -2.12. The molecule has 0 aliphatic rings. The molecular weight excluding hydrogens is 294 g/mol. The fourth-order valence-corrected chi connectivity index (χ4v) is 2.90. The molecule has 0 atom stereocenters. The van der Waals surface area contributed by atoms with E-state index in [1.807, 2.05) is 78.9 Å². The molecule has 0 aliphatic heterocycles. The van der Waals surface area contributed by atoms with Crippen molar-refractivity contribution in [2.45, 2.75) is 0 Å². The Kier molecular flexibility index (Phi) is 3.64. The third-order valence-corrected chi connectivity index (χ3v) is 4.03. The van der Waals surface area contributed by atoms with Crippen LogP contribution in [0.4, 0.5) is 0 Å². The van der Waals surface area contributed by atoms with E-state index in [1.165, 1.54) is 0 Å². The van der Waals surface area contributed by atoms with Gasteiger partial charge in [-0.2, -0.15) is 0 Å². The van der Waals surface area contributed by atoms with Gasteiger partial charge in [0, 0.05) is 28.3 Å². The molecule has 113 valence electrons. The predicted molar refractivity (Wildman–Crippen MR) is 95.9 cm³/mol. The summed E-state index contributed by atoms with van der Waals surface area (Å²) in [6.45, 7) is 0. The first-order valence-corrected chi connectivity index (χ1v) is 7.79. The van der Waals surface area contributed by atoms with E-state index in [4.69, 9.17) is 0 Å². The van der Waals surface area contributed by atoms with Crippen molar-refractivity contribution in [3.63, 3.8) is 0 Å². The van der Waals surface area contributed by atoms with E-state index in [1.54, 1.807) is 6.20 Å². The number of nitrogens with zero attached hydrogens (tertiary/aromatic N) is 1. The van der Waals surface area contributed by atoms with Crippen LogP contribution in [0.2, 0.25) is 0 Å². The van der Waals surface area contributed by atoms with E-state index in [2.05, 4.69) is 11.1 Å². The molecule has 0 bridgehead atoms. The SMILES string of the molecule is O=C(c1ccccc1)c1cnc2ccccc2c1-c1[c]cccc1. The zero-order valence-electron chi connectivity index (χ0n) is 12.9. The second-order valence-electron chi connectivity index (χ2n) is 5.54. The van der Waals surface area contributed by atoms with Gasteiger partial charge in [-0.3, -0.25) is 9.78 Å². The maximum Gasteiger partial charge on any atom is 0.195 e. The van der Waals surface area contributed by atoms with Crippen LogP contribution in [0.15, 0.2) is 85.1 Å². The molecular formula is C22H14NO. The molecule has 0 amide bonds. The van der Waals surface area contributed by atoms with Gasteiger partial charge in [0.15, 0.2) is 5.78 Å². The van der Waals surface area contributed by atoms with Crippen molar-refractivity contribution < 1.29 is 4.79 Å². The molecule has 0 saturated heterocycles. The lowest BCUT2D eigenvalue weighted by atomic mass is 9.92. The fourth-order valence-electron chi connectivity index (χ4n) is 2.90. The largest absolute Gasteiger partial charge is 0.289 e. The van der Waals surface area contributed by atoms with E-state index >= 15 is 0 Å². The van der Waals surface area contributed by atoms with E-state index < -0.39 is 0 Å². The number of benzene rings is 3. The van der Waals surface area contributed by atoms with Crippen molar-refractivity contribution in [2.75, 3.05) is 0 Å². The van der Waals surface area contributed by atoms with Gasteiger partial charge in [-0.1, -0.05) is 72.8 Å². The first-order valence-electron chi connectivity index (χ1n) is 7.79. The van der Waals surface area contributed by atoms with E-state index in [9.17, 15) is 4.79 Å². The van der Waals surface area contributed by atoms with E-state index in [-0.39, 0.29) is 5.78 Å². The fraction of sp³-hybridized carbons (Fsp3) is 0. The molecule has 4 aromatic rings. The zero-order chi connectivity index (χ0) is 16.4. The van der Waals surface area contributed by atoms with Crippen LogP contribution in [0.3, 0.4) is 0 Å². The van der Waals surface area contributed by atoms with Gasteiger partial charge in [-0.15, -0.1) is 0 Å². The number of rotatable bonds is 3. The summed E-state index contributed by atoms with van der Waals surface area (Å²) < 4.78 is 0. The topological polar surface area (TPSA) is 30.0 Å². The summed E-state index contributed by atoms with van der Waals surface area (Å²) in [5, 5.41) is 0.960. The Hall–Kier alpha value is -3.26. The number of aromatic nitrogens is 1. The minimum absolute atomic E-state index is 0.0268. The molecule has 0 saturated carbocycles. The van der Waals surface area contributed by atoms with Crippen molar-refractivity contribution in [3.8, 4) is 11.1 Å². The van der Waals surface area contributed by atoms with Gasteiger partial charge in [0.25, 0.3) is 0 Å². The number of ketones is 1. The van der Waals surface area contributed by atoms with Crippen LogP contribution in [0.5, 0.6) is 0 Å². The highest BCUT2D eigenvalue weighted by atomic mass is 16.1. The summed E-state index contributed by atoms with van der Waals surface area (Å²) in [6.07, 6.45) is 1.67. The molecule has 24 heavy (non-hydrogen) atoms. The van der Waals surface area contributed by atoms with Crippen molar-refractivity contribution in [2.24, 2.45) is 0 Å². The van der Waals surface area contributed by atoms with Crippen LogP contribution in [0, 0.1) is 6.07 Å². The Morgan fingerprint density at radius 2 is 1.58 bits per heavy atom. The minimum Gasteiger partial charge on any atom is -0.289 e. The summed E-state index contributed by atoms with van der Waals surface area (Å²) in [6, 6.07) is 28.1. The summed E-state index contributed by atoms with van der Waals surface area (Å²) in [7, 11) is 0. The van der Waals surface area contributed by atoms with Gasteiger partial charge < -0.3 is 0 Å². The molecule has 0 aliphatic carbocycles. The molecule has 1 aromatic heterocycles. The highest BCUT2D eigenvalue weighted by Gasteiger charge is 2.18. The summed E-state index contributed by atoms with van der Waals surface area (Å²) in [5.74, 6) is -0.0268. The minimum atomic E-state index is -0.0268. The van der Waals surface area contributed by atoms with Gasteiger partial charge in [0.1, 0.15) is 0 Å². The van der Waals surface area contributed by atoms with Gasteiger partial charge in [0.2, 0.25) is 0 Å². The Bertz CT molecular complexity index is 1010. The van der Waals surface area contributed by atoms with Crippen molar-refractivity contribution in [1.82, 2.24) is 4.98 Å². The average Bonchev–Trinajstić information content (AvgIpc) is 2.68. The number of fused-ring (bicyclic) bond motifs is 1. The Morgan fingerprint density at radius 3 is 2.38 bits per heavy atom. The zero-order valence-corrected chi connectivity index (χ0v) is 12.9. The Balaban J connectivity index is 2.01. The van der Waals surface area contributed by atoms with Crippen molar-refractivity contribution >= 4 is 16.7 Å². The molecule has 3 aromatic carbocycles. The van der Waals surface area contributed by atoms with Crippen LogP contribution in [-0.4, -0.2) is 10.8 Å². The molecule has 0 unspecified atom stereocenters. The second-order valence-corrected chi connectivity index (χ2v) is 5.54. The average molecular weight is 308 g/mol. The maximum atomic E-state index is 13.0. The third-order valence-electron chi connectivity index (χ3n) is 4.03. The summed E-state index contributed by atoms with van der Waals surface area (Å²) >= 11 is 0. The van der Waals surface area contributed by atoms with Crippen LogP contribution >= 0.6 is 0 Å². The standard InChI is InChI=1S/C22H14NO/c24-22(17-11-5-2-6-12-17)19-15-23-20-14-8-7-13-18(20)21(19)16-9-3-1-4-10-16/h1-9,11-15H. The van der Waals surface area contributed by atoms with Crippen LogP contribution in [-0.2, 0) is 0 Å². The number of pyridine rings is 1. The van der Waals surface area contributed by atoms with E-state index in [0.717, 1.165) is 22.0 Å². The predicted octanol–water partition coefficient (Wildman–Crippen LogP) is 4.93. The number of hydrogen-bond donors (Lipinski definition) is 0. The smallest absolute Gasteiger partial charge is 0.195 e. The molecule has 4 rings (SSSR count). The van der Waals surface area contributed by atoms with Gasteiger partial charge in [0.05, 0.1) is 5.52 Å². The highest BCUT2D eigenvalue weighted by Crippen LogP contribution is 2.32. The quantitative estimate of drug-likeness (QED) is 0.502. The lowest BCUT2D eigenvalue weighted by molar-refractivity contribution is 0.103. The lowest BCUT2D eigenvalue weighted by Crippen LogP contribution is -2.05. The van der Waals surface area contributed by atoms with Crippen LogP contribution in [0.1, 0.15) is 15.9 Å². The maximum absolute atomic E-state index is 13.0. The number of carbonyl (C=O) groups is 1. The number of hydrogen-bond acceptors (Lipinski definition) is 2. The number of para-hydroxylation sites is 1. The molecule has 1 heterocycles. The Morgan fingerprint density at radius 1 is 0.833 bits per heavy atom.